The quantitative estimate of drug-likeness (QED) is 0.588. The molecule has 1 heteroatoms. The van der Waals surface area contributed by atoms with Gasteiger partial charge in [0.2, 0.25) is 0 Å². The highest BCUT2D eigenvalue weighted by molar-refractivity contribution is 6.10. The van der Waals surface area contributed by atoms with E-state index in [1.165, 1.54) is 0 Å². The molecule has 66 valence electrons. The van der Waals surface area contributed by atoms with Crippen LogP contribution in [0.5, 0.6) is 0 Å². The summed E-state index contributed by atoms with van der Waals surface area (Å²) in [5, 5.41) is 0. The maximum Gasteiger partial charge on any atom is 0.188 e. The molecule has 0 aliphatic heterocycles. The van der Waals surface area contributed by atoms with E-state index in [1.54, 1.807) is 0 Å². The number of Topliss-reactive ketones (excluding diaryl/α,β-unsaturated/α-hetero) is 1. The molecular formula is C12H12O. The minimum Gasteiger partial charge on any atom is -0.289 e. The second kappa shape index (κ2) is 2.84. The van der Waals surface area contributed by atoms with E-state index in [9.17, 15) is 4.79 Å². The second-order valence-electron chi connectivity index (χ2n) is 3.58. The van der Waals surface area contributed by atoms with Crippen molar-refractivity contribution in [3.63, 3.8) is 0 Å². The Morgan fingerprint density at radius 3 is 2.77 bits per heavy atom. The minimum absolute atomic E-state index is 0.185. The average Bonchev–Trinajstić information content (AvgIpc) is 2.12. The first-order valence-corrected chi connectivity index (χ1v) is 4.49. The molecule has 1 aliphatic rings. The fourth-order valence-corrected chi connectivity index (χ4v) is 1.65. The molecule has 0 N–H and O–H groups in total. The summed E-state index contributed by atoms with van der Waals surface area (Å²) in [5.74, 6) is 0.185. The van der Waals surface area contributed by atoms with Crippen LogP contribution in [0.15, 0.2) is 29.8 Å². The molecule has 0 spiro atoms. The van der Waals surface area contributed by atoms with Gasteiger partial charge in [0.15, 0.2) is 5.78 Å². The van der Waals surface area contributed by atoms with Gasteiger partial charge in [-0.1, -0.05) is 23.8 Å². The van der Waals surface area contributed by atoms with Crippen molar-refractivity contribution in [3.05, 3.63) is 46.5 Å². The molecule has 0 saturated carbocycles. The standard InChI is InChI=1S/C12H12O/c1-8-3-5-10-6-4-9(2)12(13)11(10)7-8/h3-5,7H,6H2,1-2H3. The van der Waals surface area contributed by atoms with Crippen LogP contribution < -0.4 is 0 Å². The zero-order chi connectivity index (χ0) is 9.42. The summed E-state index contributed by atoms with van der Waals surface area (Å²) in [5.41, 5.74) is 4.07. The molecule has 2 rings (SSSR count). The molecule has 0 aromatic heterocycles. The highest BCUT2D eigenvalue weighted by atomic mass is 16.1. The van der Waals surface area contributed by atoms with Crippen LogP contribution in [0.1, 0.15) is 28.4 Å². The van der Waals surface area contributed by atoms with Gasteiger partial charge >= 0.3 is 0 Å². The summed E-state index contributed by atoms with van der Waals surface area (Å²) in [7, 11) is 0. The predicted octanol–water partition coefficient (Wildman–Crippen LogP) is 2.68. The Bertz CT molecular complexity index is 400. The third kappa shape index (κ3) is 1.31. The van der Waals surface area contributed by atoms with Crippen molar-refractivity contribution >= 4 is 5.78 Å². The maximum absolute atomic E-state index is 11.7. The van der Waals surface area contributed by atoms with Crippen molar-refractivity contribution in [3.8, 4) is 0 Å². The number of fused-ring (bicyclic) bond motifs is 1. The number of allylic oxidation sites excluding steroid dienone is 2. The Morgan fingerprint density at radius 2 is 2.00 bits per heavy atom. The van der Waals surface area contributed by atoms with Gasteiger partial charge < -0.3 is 0 Å². The van der Waals surface area contributed by atoms with Crippen molar-refractivity contribution in [2.24, 2.45) is 0 Å². The third-order valence-electron chi connectivity index (χ3n) is 2.50. The summed E-state index contributed by atoms with van der Waals surface area (Å²) in [6.07, 6.45) is 2.90. The lowest BCUT2D eigenvalue weighted by atomic mass is 9.90. The highest BCUT2D eigenvalue weighted by Gasteiger charge is 2.16. The SMILES string of the molecule is CC1=CCc2ccc(C)cc2C1=O. The number of hydrogen-bond acceptors (Lipinski definition) is 1. The first-order chi connectivity index (χ1) is 6.18. The number of ketones is 1. The number of benzene rings is 1. The fourth-order valence-electron chi connectivity index (χ4n) is 1.65. The lowest BCUT2D eigenvalue weighted by Crippen LogP contribution is -2.10. The van der Waals surface area contributed by atoms with Gasteiger partial charge in [-0.2, -0.15) is 0 Å². The van der Waals surface area contributed by atoms with Gasteiger partial charge in [0.05, 0.1) is 0 Å². The monoisotopic (exact) mass is 172 g/mol. The molecular weight excluding hydrogens is 160 g/mol. The predicted molar refractivity (Wildman–Crippen MR) is 53.0 cm³/mol. The van der Waals surface area contributed by atoms with E-state index in [4.69, 9.17) is 0 Å². The zero-order valence-electron chi connectivity index (χ0n) is 7.92. The maximum atomic E-state index is 11.7. The number of aryl methyl sites for hydroxylation is 1. The molecule has 0 bridgehead atoms. The molecule has 0 fully saturated rings. The van der Waals surface area contributed by atoms with Crippen LogP contribution in [0.2, 0.25) is 0 Å². The van der Waals surface area contributed by atoms with Crippen LogP contribution in [0.25, 0.3) is 0 Å². The average molecular weight is 172 g/mol. The summed E-state index contributed by atoms with van der Waals surface area (Å²) in [4.78, 5) is 11.7. The van der Waals surface area contributed by atoms with Gasteiger partial charge in [-0.3, -0.25) is 4.79 Å². The minimum atomic E-state index is 0.185. The lowest BCUT2D eigenvalue weighted by Gasteiger charge is -2.13. The van der Waals surface area contributed by atoms with E-state index >= 15 is 0 Å². The van der Waals surface area contributed by atoms with Crippen LogP contribution in [0.3, 0.4) is 0 Å². The topological polar surface area (TPSA) is 17.1 Å². The molecule has 0 amide bonds. The van der Waals surface area contributed by atoms with Gasteiger partial charge in [-0.05, 0) is 37.5 Å². The highest BCUT2D eigenvalue weighted by Crippen LogP contribution is 2.21. The second-order valence-corrected chi connectivity index (χ2v) is 3.58. The Balaban J connectivity index is 2.58. The van der Waals surface area contributed by atoms with Crippen molar-refractivity contribution in [1.82, 2.24) is 0 Å². The number of hydrogen-bond donors (Lipinski definition) is 0. The first-order valence-electron chi connectivity index (χ1n) is 4.49. The fraction of sp³-hybridized carbons (Fsp3) is 0.250. The van der Waals surface area contributed by atoms with Crippen LogP contribution in [-0.4, -0.2) is 5.78 Å². The Morgan fingerprint density at radius 1 is 1.23 bits per heavy atom. The number of carbonyl (C=O) groups is 1. The molecule has 1 aliphatic carbocycles. The molecule has 0 saturated heterocycles. The molecule has 13 heavy (non-hydrogen) atoms. The Hall–Kier alpha value is -1.37. The van der Waals surface area contributed by atoms with E-state index in [2.05, 4.69) is 6.07 Å². The van der Waals surface area contributed by atoms with Crippen molar-refractivity contribution < 1.29 is 4.79 Å². The molecule has 1 aromatic carbocycles. The van der Waals surface area contributed by atoms with E-state index in [-0.39, 0.29) is 5.78 Å². The lowest BCUT2D eigenvalue weighted by molar-refractivity contribution is 0.103. The Kier molecular flexibility index (Phi) is 1.80. The summed E-state index contributed by atoms with van der Waals surface area (Å²) < 4.78 is 0. The number of rotatable bonds is 0. The first kappa shape index (κ1) is 8.24. The van der Waals surface area contributed by atoms with Gasteiger partial charge in [-0.15, -0.1) is 0 Å². The molecule has 0 atom stereocenters. The summed E-state index contributed by atoms with van der Waals surface area (Å²) in [6, 6.07) is 6.08. The van der Waals surface area contributed by atoms with E-state index in [0.29, 0.717) is 0 Å². The van der Waals surface area contributed by atoms with Crippen LogP contribution in [0, 0.1) is 6.92 Å². The van der Waals surface area contributed by atoms with Gasteiger partial charge in [0.25, 0.3) is 0 Å². The Labute approximate surface area is 78.1 Å². The smallest absolute Gasteiger partial charge is 0.188 e. The molecule has 0 heterocycles. The molecule has 0 radical (unpaired) electrons. The van der Waals surface area contributed by atoms with Gasteiger partial charge in [0.1, 0.15) is 0 Å². The summed E-state index contributed by atoms with van der Waals surface area (Å²) >= 11 is 0. The van der Waals surface area contributed by atoms with Crippen molar-refractivity contribution in [2.45, 2.75) is 20.3 Å². The van der Waals surface area contributed by atoms with Crippen LogP contribution >= 0.6 is 0 Å². The van der Waals surface area contributed by atoms with Crippen molar-refractivity contribution in [2.75, 3.05) is 0 Å². The third-order valence-corrected chi connectivity index (χ3v) is 2.50. The largest absolute Gasteiger partial charge is 0.289 e. The van der Waals surface area contributed by atoms with E-state index in [0.717, 1.165) is 28.7 Å². The molecule has 1 aromatic rings. The molecule has 0 unspecified atom stereocenters. The summed E-state index contributed by atoms with van der Waals surface area (Å²) in [6.45, 7) is 3.90. The van der Waals surface area contributed by atoms with Crippen LogP contribution in [-0.2, 0) is 6.42 Å². The van der Waals surface area contributed by atoms with Gasteiger partial charge in [0, 0.05) is 5.56 Å². The number of carbonyl (C=O) groups excluding carboxylic acids is 1. The normalized spacial score (nSPS) is 15.2. The van der Waals surface area contributed by atoms with Gasteiger partial charge in [-0.25, -0.2) is 0 Å². The van der Waals surface area contributed by atoms with E-state index in [1.807, 2.05) is 32.1 Å². The van der Waals surface area contributed by atoms with Crippen LogP contribution in [0.4, 0.5) is 0 Å². The zero-order valence-corrected chi connectivity index (χ0v) is 7.92. The van der Waals surface area contributed by atoms with E-state index < -0.39 is 0 Å². The van der Waals surface area contributed by atoms with Crippen molar-refractivity contribution in [1.29, 1.82) is 0 Å². The molecule has 1 nitrogen and oxygen atoms in total.